The van der Waals surface area contributed by atoms with Crippen LogP contribution < -0.4 is 5.56 Å². The second-order valence-electron chi connectivity index (χ2n) is 6.33. The van der Waals surface area contributed by atoms with Gasteiger partial charge in [-0.05, 0) is 48.7 Å². The zero-order chi connectivity index (χ0) is 18.5. The molecular formula is C21H21N3O2. The second-order valence-corrected chi connectivity index (χ2v) is 6.33. The Morgan fingerprint density at radius 3 is 2.54 bits per heavy atom. The number of carbonyl (C=O) groups excluding carboxylic acids is 1. The molecule has 0 aliphatic heterocycles. The first-order chi connectivity index (χ1) is 12.5. The number of aryl methyl sites for hydroxylation is 2. The Morgan fingerprint density at radius 1 is 1.04 bits per heavy atom. The maximum absolute atomic E-state index is 13.1. The van der Waals surface area contributed by atoms with E-state index in [0.29, 0.717) is 13.1 Å². The van der Waals surface area contributed by atoms with Crippen LogP contribution in [-0.2, 0) is 13.1 Å². The van der Waals surface area contributed by atoms with Gasteiger partial charge in [0.05, 0.1) is 0 Å². The van der Waals surface area contributed by atoms with Crippen LogP contribution in [0.1, 0.15) is 32.7 Å². The van der Waals surface area contributed by atoms with Crippen molar-refractivity contribution in [1.82, 2.24) is 14.9 Å². The zero-order valence-corrected chi connectivity index (χ0v) is 14.9. The fourth-order valence-corrected chi connectivity index (χ4v) is 2.82. The Hall–Kier alpha value is -3.21. The van der Waals surface area contributed by atoms with Crippen molar-refractivity contribution in [2.24, 2.45) is 0 Å². The van der Waals surface area contributed by atoms with Crippen LogP contribution in [0.25, 0.3) is 0 Å². The van der Waals surface area contributed by atoms with Crippen LogP contribution in [0.3, 0.4) is 0 Å². The number of carbonyl (C=O) groups is 1. The first kappa shape index (κ1) is 17.6. The highest BCUT2D eigenvalue weighted by Gasteiger charge is 2.20. The summed E-state index contributed by atoms with van der Waals surface area (Å²) in [5, 5.41) is 0. The number of hydrogen-bond donors (Lipinski definition) is 1. The molecule has 0 bridgehead atoms. The normalized spacial score (nSPS) is 10.5. The number of nitrogens with one attached hydrogen (secondary N) is 1. The summed E-state index contributed by atoms with van der Waals surface area (Å²) < 4.78 is 0. The summed E-state index contributed by atoms with van der Waals surface area (Å²) in [6.45, 7) is 4.61. The molecule has 5 nitrogen and oxygen atoms in total. The molecule has 2 aromatic heterocycles. The van der Waals surface area contributed by atoms with Crippen LogP contribution in [-0.4, -0.2) is 20.8 Å². The molecule has 132 valence electrons. The van der Waals surface area contributed by atoms with Gasteiger partial charge in [-0.25, -0.2) is 0 Å². The van der Waals surface area contributed by atoms with Gasteiger partial charge in [-0.3, -0.25) is 14.6 Å². The van der Waals surface area contributed by atoms with Crippen molar-refractivity contribution in [2.75, 3.05) is 0 Å². The smallest absolute Gasteiger partial charge is 0.260 e. The van der Waals surface area contributed by atoms with Crippen molar-refractivity contribution in [3.8, 4) is 0 Å². The van der Waals surface area contributed by atoms with Gasteiger partial charge in [0.25, 0.3) is 11.5 Å². The molecule has 3 aromatic rings. The summed E-state index contributed by atoms with van der Waals surface area (Å²) in [6.07, 6.45) is 3.43. The minimum Gasteiger partial charge on any atom is -0.330 e. The van der Waals surface area contributed by atoms with E-state index in [0.717, 1.165) is 22.4 Å². The number of aromatic amines is 1. The summed E-state index contributed by atoms with van der Waals surface area (Å²) in [7, 11) is 0. The van der Waals surface area contributed by atoms with Gasteiger partial charge >= 0.3 is 0 Å². The van der Waals surface area contributed by atoms with E-state index in [4.69, 9.17) is 0 Å². The number of rotatable bonds is 5. The van der Waals surface area contributed by atoms with Gasteiger partial charge in [-0.2, -0.15) is 0 Å². The molecule has 5 heteroatoms. The predicted molar refractivity (Wildman–Crippen MR) is 101 cm³/mol. The number of amides is 1. The predicted octanol–water partition coefficient (Wildman–Crippen LogP) is 3.23. The molecule has 0 fully saturated rings. The molecule has 0 aliphatic rings. The average molecular weight is 347 g/mol. The standard InChI is InChI=1S/C21H21N3O2/c1-15-6-3-4-8-18(15)14-24(13-17-7-5-11-22-12-17)21(26)19-10-9-16(2)23-20(19)25/h3-12H,13-14H2,1-2H3,(H,23,25). The SMILES string of the molecule is Cc1ccc(C(=O)N(Cc2cccnc2)Cc2ccccc2C)c(=O)[nH]1. The molecule has 0 spiro atoms. The van der Waals surface area contributed by atoms with Gasteiger partial charge in [0, 0.05) is 31.2 Å². The Balaban J connectivity index is 1.95. The van der Waals surface area contributed by atoms with E-state index in [1.165, 1.54) is 0 Å². The summed E-state index contributed by atoms with van der Waals surface area (Å²) in [4.78, 5) is 33.8. The lowest BCUT2D eigenvalue weighted by atomic mass is 10.1. The lowest BCUT2D eigenvalue weighted by molar-refractivity contribution is 0.0728. The van der Waals surface area contributed by atoms with Gasteiger partial charge < -0.3 is 9.88 Å². The van der Waals surface area contributed by atoms with Crippen LogP contribution in [0.2, 0.25) is 0 Å². The Labute approximate surface area is 152 Å². The number of hydrogen-bond acceptors (Lipinski definition) is 3. The van der Waals surface area contributed by atoms with E-state index in [-0.39, 0.29) is 17.0 Å². The molecule has 2 heterocycles. The zero-order valence-electron chi connectivity index (χ0n) is 14.9. The van der Waals surface area contributed by atoms with Gasteiger partial charge in [0.2, 0.25) is 0 Å². The molecule has 0 aliphatic carbocycles. The Morgan fingerprint density at radius 2 is 1.85 bits per heavy atom. The molecule has 0 saturated heterocycles. The van der Waals surface area contributed by atoms with Gasteiger partial charge in [-0.1, -0.05) is 30.3 Å². The van der Waals surface area contributed by atoms with Crippen molar-refractivity contribution in [2.45, 2.75) is 26.9 Å². The van der Waals surface area contributed by atoms with Crippen LogP contribution in [0.4, 0.5) is 0 Å². The van der Waals surface area contributed by atoms with Gasteiger partial charge in [-0.15, -0.1) is 0 Å². The van der Waals surface area contributed by atoms with E-state index in [1.807, 2.05) is 43.3 Å². The lowest BCUT2D eigenvalue weighted by Gasteiger charge is -2.23. The number of aromatic nitrogens is 2. The molecule has 0 unspecified atom stereocenters. The van der Waals surface area contributed by atoms with Gasteiger partial charge in [0.1, 0.15) is 5.56 Å². The fourth-order valence-electron chi connectivity index (χ4n) is 2.82. The molecule has 1 amide bonds. The minimum atomic E-state index is -0.365. The van der Waals surface area contributed by atoms with E-state index in [2.05, 4.69) is 9.97 Å². The first-order valence-electron chi connectivity index (χ1n) is 8.47. The minimum absolute atomic E-state index is 0.146. The third-order valence-electron chi connectivity index (χ3n) is 4.29. The van der Waals surface area contributed by atoms with Crippen LogP contribution in [0, 0.1) is 13.8 Å². The summed E-state index contributed by atoms with van der Waals surface area (Å²) in [5.74, 6) is -0.293. The van der Waals surface area contributed by atoms with Crippen LogP contribution in [0.5, 0.6) is 0 Å². The third kappa shape index (κ3) is 4.06. The third-order valence-corrected chi connectivity index (χ3v) is 4.29. The average Bonchev–Trinajstić information content (AvgIpc) is 2.63. The van der Waals surface area contributed by atoms with Crippen molar-refractivity contribution in [3.63, 3.8) is 0 Å². The molecule has 3 rings (SSSR count). The Bertz CT molecular complexity index is 964. The topological polar surface area (TPSA) is 66.1 Å². The highest BCUT2D eigenvalue weighted by Crippen LogP contribution is 2.15. The maximum atomic E-state index is 13.1. The van der Waals surface area contributed by atoms with Crippen molar-refractivity contribution < 1.29 is 4.79 Å². The highest BCUT2D eigenvalue weighted by atomic mass is 16.2. The molecule has 0 saturated carbocycles. The molecule has 26 heavy (non-hydrogen) atoms. The summed E-state index contributed by atoms with van der Waals surface area (Å²) >= 11 is 0. The molecular weight excluding hydrogens is 326 g/mol. The largest absolute Gasteiger partial charge is 0.330 e. The van der Waals surface area contributed by atoms with Crippen molar-refractivity contribution in [3.05, 3.63) is 99.2 Å². The molecule has 0 radical (unpaired) electrons. The maximum Gasteiger partial charge on any atom is 0.260 e. The van der Waals surface area contributed by atoms with Gasteiger partial charge in [0.15, 0.2) is 0 Å². The molecule has 1 N–H and O–H groups in total. The van der Waals surface area contributed by atoms with Crippen LogP contribution in [0.15, 0.2) is 65.7 Å². The molecule has 1 aromatic carbocycles. The Kier molecular flexibility index (Phi) is 5.27. The van der Waals surface area contributed by atoms with Crippen LogP contribution >= 0.6 is 0 Å². The molecule has 0 atom stereocenters. The van der Waals surface area contributed by atoms with Crippen molar-refractivity contribution in [1.29, 1.82) is 0 Å². The second kappa shape index (κ2) is 7.78. The van der Waals surface area contributed by atoms with E-state index in [1.54, 1.807) is 36.4 Å². The first-order valence-corrected chi connectivity index (χ1v) is 8.47. The summed E-state index contributed by atoms with van der Waals surface area (Å²) in [6, 6.07) is 15.0. The fraction of sp³-hybridized carbons (Fsp3) is 0.190. The van der Waals surface area contributed by atoms with Crippen molar-refractivity contribution >= 4 is 5.91 Å². The summed E-state index contributed by atoms with van der Waals surface area (Å²) in [5.41, 5.74) is 3.58. The number of benzene rings is 1. The highest BCUT2D eigenvalue weighted by molar-refractivity contribution is 5.93. The van der Waals surface area contributed by atoms with E-state index in [9.17, 15) is 9.59 Å². The quantitative estimate of drug-likeness (QED) is 0.770. The van der Waals surface area contributed by atoms with E-state index < -0.39 is 0 Å². The monoisotopic (exact) mass is 347 g/mol. The number of pyridine rings is 2. The number of nitrogens with zero attached hydrogens (tertiary/aromatic N) is 2. The lowest BCUT2D eigenvalue weighted by Crippen LogP contribution is -2.34. The van der Waals surface area contributed by atoms with E-state index >= 15 is 0 Å². The number of H-pyrrole nitrogens is 1.